The van der Waals surface area contributed by atoms with Crippen LogP contribution < -0.4 is 5.56 Å². The van der Waals surface area contributed by atoms with Crippen LogP contribution in [0.3, 0.4) is 0 Å². The van der Waals surface area contributed by atoms with Crippen molar-refractivity contribution in [2.75, 3.05) is 13.1 Å². The number of nitrogens with one attached hydrogen (secondary N) is 1. The fourth-order valence-corrected chi connectivity index (χ4v) is 4.01. The first-order valence-electron chi connectivity index (χ1n) is 9.69. The van der Waals surface area contributed by atoms with Crippen molar-refractivity contribution in [2.24, 2.45) is 0 Å². The van der Waals surface area contributed by atoms with Crippen molar-refractivity contribution >= 4 is 17.2 Å². The smallest absolute Gasteiger partial charge is 0.275 e. The first-order chi connectivity index (χ1) is 14.0. The summed E-state index contributed by atoms with van der Waals surface area (Å²) in [7, 11) is 0. The summed E-state index contributed by atoms with van der Waals surface area (Å²) in [4.78, 5) is 36.3. The highest BCUT2D eigenvalue weighted by Gasteiger charge is 2.28. The zero-order valence-electron chi connectivity index (χ0n) is 16.3. The predicted octanol–water partition coefficient (Wildman–Crippen LogP) is 1.70. The molecule has 0 unspecified atom stereocenters. The molecule has 4 aromatic rings. The van der Waals surface area contributed by atoms with Crippen molar-refractivity contribution in [1.82, 2.24) is 34.1 Å². The van der Waals surface area contributed by atoms with Crippen LogP contribution in [0.25, 0.3) is 11.3 Å². The summed E-state index contributed by atoms with van der Waals surface area (Å²) >= 11 is 0. The van der Waals surface area contributed by atoms with Crippen LogP contribution in [0.5, 0.6) is 0 Å². The molecule has 0 bridgehead atoms. The Morgan fingerprint density at radius 1 is 1.31 bits per heavy atom. The minimum Gasteiger partial charge on any atom is -0.338 e. The molecule has 1 fully saturated rings. The van der Waals surface area contributed by atoms with Gasteiger partial charge in [0.25, 0.3) is 11.5 Å². The zero-order chi connectivity index (χ0) is 20.1. The van der Waals surface area contributed by atoms with E-state index in [9.17, 15) is 9.59 Å². The minimum atomic E-state index is -0.0834. The maximum absolute atomic E-state index is 13.1. The number of H-pyrrole nitrogens is 1. The van der Waals surface area contributed by atoms with Crippen molar-refractivity contribution in [3.63, 3.8) is 0 Å². The lowest BCUT2D eigenvalue weighted by molar-refractivity contribution is 0.0707. The largest absolute Gasteiger partial charge is 0.338 e. The molecule has 0 spiro atoms. The Kier molecular flexibility index (Phi) is 3.97. The Labute approximate surface area is 166 Å². The van der Waals surface area contributed by atoms with Gasteiger partial charge in [0, 0.05) is 54.4 Å². The third kappa shape index (κ3) is 2.81. The fourth-order valence-electron chi connectivity index (χ4n) is 4.01. The Morgan fingerprint density at radius 3 is 3.03 bits per heavy atom. The maximum atomic E-state index is 13.1. The molecule has 148 valence electrons. The average Bonchev–Trinajstić information content (AvgIpc) is 3.36. The van der Waals surface area contributed by atoms with Crippen LogP contribution in [-0.2, 0) is 0 Å². The Hall–Kier alpha value is -3.49. The van der Waals surface area contributed by atoms with Gasteiger partial charge in [-0.3, -0.25) is 14.7 Å². The van der Waals surface area contributed by atoms with Crippen molar-refractivity contribution in [3.05, 3.63) is 63.6 Å². The monoisotopic (exact) mass is 391 g/mol. The van der Waals surface area contributed by atoms with E-state index in [1.54, 1.807) is 36.1 Å². The van der Waals surface area contributed by atoms with Crippen molar-refractivity contribution < 1.29 is 4.79 Å². The van der Waals surface area contributed by atoms with Gasteiger partial charge in [-0.05, 0) is 32.8 Å². The number of piperidine rings is 1. The van der Waals surface area contributed by atoms with Crippen LogP contribution >= 0.6 is 0 Å². The second-order valence-electron chi connectivity index (χ2n) is 7.57. The van der Waals surface area contributed by atoms with Gasteiger partial charge in [0.2, 0.25) is 0 Å². The van der Waals surface area contributed by atoms with Crippen LogP contribution in [0, 0.1) is 13.8 Å². The van der Waals surface area contributed by atoms with E-state index in [1.807, 2.05) is 17.9 Å². The molecule has 1 aliphatic rings. The summed E-state index contributed by atoms with van der Waals surface area (Å²) in [5.41, 5.74) is 3.90. The van der Waals surface area contributed by atoms with Crippen molar-refractivity contribution in [3.8, 4) is 0 Å². The van der Waals surface area contributed by atoms with Crippen molar-refractivity contribution in [1.29, 1.82) is 0 Å². The van der Waals surface area contributed by atoms with Crippen LogP contribution in [0.15, 0.2) is 35.5 Å². The number of amides is 1. The summed E-state index contributed by atoms with van der Waals surface area (Å²) in [6.07, 6.45) is 6.84. The van der Waals surface area contributed by atoms with Crippen LogP contribution in [0.1, 0.15) is 46.1 Å². The fraction of sp³-hybridized carbons (Fsp3) is 0.350. The van der Waals surface area contributed by atoms with E-state index in [2.05, 4.69) is 20.2 Å². The number of hydrogen-bond acceptors (Lipinski definition) is 5. The molecule has 4 aromatic heterocycles. The predicted molar refractivity (Wildman–Crippen MR) is 106 cm³/mol. The number of aromatic nitrogens is 6. The van der Waals surface area contributed by atoms with Gasteiger partial charge in [-0.1, -0.05) is 0 Å². The molecule has 1 saturated heterocycles. The highest BCUT2D eigenvalue weighted by atomic mass is 16.2. The summed E-state index contributed by atoms with van der Waals surface area (Å²) in [6, 6.07) is 3.70. The van der Waals surface area contributed by atoms with E-state index in [0.717, 1.165) is 24.2 Å². The van der Waals surface area contributed by atoms with Crippen LogP contribution in [0.2, 0.25) is 0 Å². The molecule has 1 atom stereocenters. The van der Waals surface area contributed by atoms with E-state index in [1.165, 1.54) is 4.52 Å². The number of likely N-dealkylation sites (tertiary alicyclic amines) is 1. The summed E-state index contributed by atoms with van der Waals surface area (Å²) in [5, 5.41) is 7.42. The molecule has 0 radical (unpaired) electrons. The molecule has 5 rings (SSSR count). The number of rotatable bonds is 2. The molecule has 29 heavy (non-hydrogen) atoms. The molecule has 0 saturated carbocycles. The lowest BCUT2D eigenvalue weighted by atomic mass is 9.94. The van der Waals surface area contributed by atoms with E-state index in [-0.39, 0.29) is 17.4 Å². The van der Waals surface area contributed by atoms with E-state index in [4.69, 9.17) is 0 Å². The molecule has 5 heterocycles. The molecular formula is C20H21N7O2. The second kappa shape index (κ2) is 6.54. The molecule has 1 amide bonds. The molecule has 0 aromatic carbocycles. The Morgan fingerprint density at radius 2 is 2.17 bits per heavy atom. The minimum absolute atomic E-state index is 0.0681. The normalized spacial score (nSPS) is 17.3. The van der Waals surface area contributed by atoms with E-state index >= 15 is 0 Å². The Balaban J connectivity index is 1.45. The summed E-state index contributed by atoms with van der Waals surface area (Å²) < 4.78 is 3.10. The number of nitrogens with zero attached hydrogens (tertiary/aromatic N) is 6. The van der Waals surface area contributed by atoms with Gasteiger partial charge in [0.15, 0.2) is 11.3 Å². The second-order valence-corrected chi connectivity index (χ2v) is 7.57. The molecule has 1 aliphatic heterocycles. The van der Waals surface area contributed by atoms with Gasteiger partial charge in [-0.25, -0.2) is 19.0 Å². The van der Waals surface area contributed by atoms with Gasteiger partial charge < -0.3 is 4.90 Å². The first kappa shape index (κ1) is 17.6. The van der Waals surface area contributed by atoms with Gasteiger partial charge in [-0.15, -0.1) is 0 Å². The number of fused-ring (bicyclic) bond motifs is 2. The quantitative estimate of drug-likeness (QED) is 0.561. The van der Waals surface area contributed by atoms with Gasteiger partial charge >= 0.3 is 0 Å². The van der Waals surface area contributed by atoms with Gasteiger partial charge in [0.05, 0.1) is 6.20 Å². The molecular weight excluding hydrogens is 370 g/mol. The number of carbonyl (C=O) groups excluding carboxylic acids is 1. The highest BCUT2D eigenvalue weighted by Crippen LogP contribution is 2.27. The van der Waals surface area contributed by atoms with Gasteiger partial charge in [-0.2, -0.15) is 5.10 Å². The lowest BCUT2D eigenvalue weighted by Crippen LogP contribution is -2.39. The zero-order valence-corrected chi connectivity index (χ0v) is 16.3. The Bertz CT molecular complexity index is 1300. The topological polar surface area (TPSA) is 101 Å². The number of hydrogen-bond donors (Lipinski definition) is 1. The van der Waals surface area contributed by atoms with Gasteiger partial charge in [0.1, 0.15) is 5.56 Å². The highest BCUT2D eigenvalue weighted by molar-refractivity contribution is 5.99. The van der Waals surface area contributed by atoms with Crippen molar-refractivity contribution in [2.45, 2.75) is 32.6 Å². The SMILES string of the molecule is Cc1nc2cc([C@H]3CCCN(C(=O)c4cnn5cccnc45)C3)[nH]n2c(=O)c1C. The molecule has 1 N–H and O–H groups in total. The van der Waals surface area contributed by atoms with E-state index < -0.39 is 0 Å². The maximum Gasteiger partial charge on any atom is 0.275 e. The first-order valence-corrected chi connectivity index (χ1v) is 9.69. The third-order valence-corrected chi connectivity index (χ3v) is 5.76. The number of carbonyl (C=O) groups is 1. The third-order valence-electron chi connectivity index (χ3n) is 5.76. The van der Waals surface area contributed by atoms with Crippen LogP contribution in [-0.4, -0.2) is 53.1 Å². The summed E-state index contributed by atoms with van der Waals surface area (Å²) in [5.74, 6) is 0.0469. The molecule has 9 nitrogen and oxygen atoms in total. The standard InChI is InChI=1S/C20H21N7O2/c1-12-13(2)23-17-9-16(24-27(17)19(12)28)14-5-3-7-25(11-14)20(29)15-10-22-26-8-4-6-21-18(15)26/h4,6,8-10,14,24H,3,5,7,11H2,1-2H3/t14-/m0/s1. The lowest BCUT2D eigenvalue weighted by Gasteiger charge is -2.32. The van der Waals surface area contributed by atoms with E-state index in [0.29, 0.717) is 35.5 Å². The van der Waals surface area contributed by atoms with Crippen LogP contribution in [0.4, 0.5) is 0 Å². The molecule has 0 aliphatic carbocycles. The molecule has 9 heteroatoms. The average molecular weight is 391 g/mol. The number of aryl methyl sites for hydroxylation is 1. The summed E-state index contributed by atoms with van der Waals surface area (Å²) in [6.45, 7) is 4.89. The number of aromatic amines is 1.